The number of nitro groups is 1. The van der Waals surface area contributed by atoms with Crippen molar-refractivity contribution < 1.29 is 19.2 Å². The second kappa shape index (κ2) is 7.32. The molecule has 0 aromatic heterocycles. The van der Waals surface area contributed by atoms with Gasteiger partial charge in [0.1, 0.15) is 5.75 Å². The standard InChI is InChI=1S/C12H16N2O5/c1-18-7-3-6-13-12(15)10-8-9(14(16)17)4-5-11(10)19-2/h4-5,8H,3,6-7H2,1-2H3,(H,13,15). The molecule has 0 bridgehead atoms. The minimum absolute atomic E-state index is 0.147. The van der Waals surface area contributed by atoms with Crippen LogP contribution in [0.3, 0.4) is 0 Å². The van der Waals surface area contributed by atoms with Crippen molar-refractivity contribution in [2.45, 2.75) is 6.42 Å². The molecule has 0 saturated heterocycles. The third-order valence-corrected chi connectivity index (χ3v) is 2.45. The third kappa shape index (κ3) is 4.22. The van der Waals surface area contributed by atoms with E-state index in [1.165, 1.54) is 25.3 Å². The molecule has 1 aromatic rings. The van der Waals surface area contributed by atoms with Gasteiger partial charge in [-0.1, -0.05) is 0 Å². The number of nitrogens with zero attached hydrogens (tertiary/aromatic N) is 1. The van der Waals surface area contributed by atoms with Crippen LogP contribution in [0.25, 0.3) is 0 Å². The van der Waals surface area contributed by atoms with Crippen molar-refractivity contribution in [2.75, 3.05) is 27.4 Å². The maximum Gasteiger partial charge on any atom is 0.270 e. The Kier molecular flexibility index (Phi) is 5.74. The van der Waals surface area contributed by atoms with Crippen LogP contribution in [0.4, 0.5) is 5.69 Å². The summed E-state index contributed by atoms with van der Waals surface area (Å²) in [7, 11) is 2.98. The summed E-state index contributed by atoms with van der Waals surface area (Å²) in [5, 5.41) is 13.3. The molecule has 7 heteroatoms. The number of hydrogen-bond acceptors (Lipinski definition) is 5. The Morgan fingerprint density at radius 2 is 2.16 bits per heavy atom. The second-order valence-electron chi connectivity index (χ2n) is 3.74. The van der Waals surface area contributed by atoms with Gasteiger partial charge in [-0.2, -0.15) is 0 Å². The number of nitrogens with one attached hydrogen (secondary N) is 1. The Hall–Kier alpha value is -2.15. The van der Waals surface area contributed by atoms with Crippen molar-refractivity contribution >= 4 is 11.6 Å². The fourth-order valence-corrected chi connectivity index (χ4v) is 1.50. The van der Waals surface area contributed by atoms with E-state index >= 15 is 0 Å². The van der Waals surface area contributed by atoms with Gasteiger partial charge in [-0.25, -0.2) is 0 Å². The Labute approximate surface area is 110 Å². The first-order valence-corrected chi connectivity index (χ1v) is 5.69. The van der Waals surface area contributed by atoms with Gasteiger partial charge in [0, 0.05) is 32.4 Å². The van der Waals surface area contributed by atoms with Crippen molar-refractivity contribution in [1.29, 1.82) is 0 Å². The minimum atomic E-state index is -0.554. The van der Waals surface area contributed by atoms with E-state index in [0.29, 0.717) is 25.3 Å². The average molecular weight is 268 g/mol. The maximum absolute atomic E-state index is 11.9. The van der Waals surface area contributed by atoms with E-state index < -0.39 is 10.8 Å². The number of hydrogen-bond donors (Lipinski definition) is 1. The Bertz CT molecular complexity index is 461. The van der Waals surface area contributed by atoms with E-state index in [4.69, 9.17) is 9.47 Å². The van der Waals surface area contributed by atoms with Crippen molar-refractivity contribution in [1.82, 2.24) is 5.32 Å². The summed E-state index contributed by atoms with van der Waals surface area (Å²) in [6.45, 7) is 0.963. The molecule has 1 amide bonds. The minimum Gasteiger partial charge on any atom is -0.496 e. The first kappa shape index (κ1) is 14.9. The third-order valence-electron chi connectivity index (χ3n) is 2.45. The van der Waals surface area contributed by atoms with Gasteiger partial charge >= 0.3 is 0 Å². The number of benzene rings is 1. The van der Waals surface area contributed by atoms with Crippen LogP contribution in [-0.4, -0.2) is 38.2 Å². The van der Waals surface area contributed by atoms with Gasteiger partial charge in [0.25, 0.3) is 11.6 Å². The van der Waals surface area contributed by atoms with Crippen LogP contribution in [0.15, 0.2) is 18.2 Å². The van der Waals surface area contributed by atoms with Crippen molar-refractivity contribution in [3.63, 3.8) is 0 Å². The lowest BCUT2D eigenvalue weighted by molar-refractivity contribution is -0.384. The number of amides is 1. The van der Waals surface area contributed by atoms with Gasteiger partial charge in [0.05, 0.1) is 17.6 Å². The van der Waals surface area contributed by atoms with Crippen LogP contribution in [0.2, 0.25) is 0 Å². The number of carbonyl (C=O) groups is 1. The predicted molar refractivity (Wildman–Crippen MR) is 68.5 cm³/mol. The SMILES string of the molecule is COCCCNC(=O)c1cc([N+](=O)[O-])ccc1OC. The van der Waals surface area contributed by atoms with Gasteiger partial charge in [-0.15, -0.1) is 0 Å². The normalized spacial score (nSPS) is 10.0. The molecule has 0 aliphatic rings. The molecule has 7 nitrogen and oxygen atoms in total. The van der Waals surface area contributed by atoms with Crippen LogP contribution in [0.1, 0.15) is 16.8 Å². The molecule has 0 spiro atoms. The van der Waals surface area contributed by atoms with E-state index in [0.717, 1.165) is 0 Å². The highest BCUT2D eigenvalue weighted by molar-refractivity contribution is 5.97. The molecule has 0 atom stereocenters. The molecule has 1 N–H and O–H groups in total. The lowest BCUT2D eigenvalue weighted by Gasteiger charge is -2.09. The van der Waals surface area contributed by atoms with E-state index in [9.17, 15) is 14.9 Å². The smallest absolute Gasteiger partial charge is 0.270 e. The molecular formula is C12H16N2O5. The first-order valence-electron chi connectivity index (χ1n) is 5.69. The summed E-state index contributed by atoms with van der Waals surface area (Å²) < 4.78 is 9.88. The lowest BCUT2D eigenvalue weighted by Crippen LogP contribution is -2.25. The second-order valence-corrected chi connectivity index (χ2v) is 3.74. The molecule has 0 unspecified atom stereocenters. The zero-order valence-corrected chi connectivity index (χ0v) is 10.8. The molecule has 0 heterocycles. The van der Waals surface area contributed by atoms with E-state index in [-0.39, 0.29) is 11.3 Å². The van der Waals surface area contributed by atoms with Gasteiger partial charge in [-0.3, -0.25) is 14.9 Å². The van der Waals surface area contributed by atoms with E-state index in [2.05, 4.69) is 5.32 Å². The fraction of sp³-hybridized carbons (Fsp3) is 0.417. The number of carbonyl (C=O) groups excluding carboxylic acids is 1. The van der Waals surface area contributed by atoms with Gasteiger partial charge in [-0.05, 0) is 12.5 Å². The monoisotopic (exact) mass is 268 g/mol. The summed E-state index contributed by atoms with van der Waals surface area (Å²) in [6, 6.07) is 3.90. The highest BCUT2D eigenvalue weighted by Crippen LogP contribution is 2.23. The Morgan fingerprint density at radius 1 is 1.42 bits per heavy atom. The van der Waals surface area contributed by atoms with Crippen LogP contribution >= 0.6 is 0 Å². The van der Waals surface area contributed by atoms with Crippen LogP contribution < -0.4 is 10.1 Å². The van der Waals surface area contributed by atoms with Crippen LogP contribution in [0.5, 0.6) is 5.75 Å². The number of methoxy groups -OCH3 is 2. The molecule has 0 aliphatic heterocycles. The number of non-ortho nitro benzene ring substituents is 1. The topological polar surface area (TPSA) is 90.7 Å². The largest absolute Gasteiger partial charge is 0.496 e. The van der Waals surface area contributed by atoms with Crippen molar-refractivity contribution in [2.24, 2.45) is 0 Å². The molecule has 0 aliphatic carbocycles. The zero-order chi connectivity index (χ0) is 14.3. The van der Waals surface area contributed by atoms with Crippen molar-refractivity contribution in [3.05, 3.63) is 33.9 Å². The lowest BCUT2D eigenvalue weighted by atomic mass is 10.1. The molecule has 104 valence electrons. The van der Waals surface area contributed by atoms with Gasteiger partial charge in [0.2, 0.25) is 0 Å². The molecule has 0 saturated carbocycles. The summed E-state index contributed by atoms with van der Waals surface area (Å²) in [5.41, 5.74) is -0.00282. The van der Waals surface area contributed by atoms with Gasteiger partial charge < -0.3 is 14.8 Å². The summed E-state index contributed by atoms with van der Waals surface area (Å²) in [6.07, 6.45) is 0.666. The van der Waals surface area contributed by atoms with E-state index in [1.54, 1.807) is 7.11 Å². The highest BCUT2D eigenvalue weighted by Gasteiger charge is 2.16. The average Bonchev–Trinajstić information content (AvgIpc) is 2.42. The number of ether oxygens (including phenoxy) is 2. The maximum atomic E-state index is 11.9. The predicted octanol–water partition coefficient (Wildman–Crippen LogP) is 1.37. The molecule has 1 aromatic carbocycles. The molecular weight excluding hydrogens is 252 g/mol. The van der Waals surface area contributed by atoms with E-state index in [1.807, 2.05) is 0 Å². The van der Waals surface area contributed by atoms with Crippen LogP contribution in [0, 0.1) is 10.1 Å². The Morgan fingerprint density at radius 3 is 2.74 bits per heavy atom. The number of rotatable bonds is 7. The van der Waals surface area contributed by atoms with Gasteiger partial charge in [0.15, 0.2) is 0 Å². The first-order chi connectivity index (χ1) is 9.10. The quantitative estimate of drug-likeness (QED) is 0.458. The van der Waals surface area contributed by atoms with Crippen LogP contribution in [-0.2, 0) is 4.74 Å². The highest BCUT2D eigenvalue weighted by atomic mass is 16.6. The fourth-order valence-electron chi connectivity index (χ4n) is 1.50. The molecule has 0 radical (unpaired) electrons. The zero-order valence-electron chi connectivity index (χ0n) is 10.8. The summed E-state index contributed by atoms with van der Waals surface area (Å²) in [5.74, 6) is -0.105. The molecule has 19 heavy (non-hydrogen) atoms. The van der Waals surface area contributed by atoms with Crippen molar-refractivity contribution in [3.8, 4) is 5.75 Å². The Balaban J connectivity index is 2.81. The summed E-state index contributed by atoms with van der Waals surface area (Å²) in [4.78, 5) is 22.0. The number of nitro benzene ring substituents is 1. The molecule has 1 rings (SSSR count). The molecule has 0 fully saturated rings. The summed E-state index contributed by atoms with van der Waals surface area (Å²) >= 11 is 0.